The molecule has 2 saturated heterocycles. The van der Waals surface area contributed by atoms with Gasteiger partial charge in [0.25, 0.3) is 0 Å². The molecule has 0 N–H and O–H groups in total. The average Bonchev–Trinajstić information content (AvgIpc) is 2.75. The molecule has 3 nitrogen and oxygen atoms in total. The second-order valence-corrected chi connectivity index (χ2v) is 7.89. The van der Waals surface area contributed by atoms with Crippen LogP contribution >= 0.6 is 0 Å². The first-order chi connectivity index (χ1) is 11.6. The van der Waals surface area contributed by atoms with Crippen molar-refractivity contribution in [1.82, 2.24) is 4.90 Å². The van der Waals surface area contributed by atoms with E-state index >= 15 is 0 Å². The molecule has 0 unspecified atom stereocenters. The van der Waals surface area contributed by atoms with Gasteiger partial charge in [-0.05, 0) is 57.9 Å². The molecule has 2 aliphatic heterocycles. The molecule has 2 heterocycles. The van der Waals surface area contributed by atoms with Gasteiger partial charge in [-0.1, -0.05) is 42.5 Å². The van der Waals surface area contributed by atoms with Crippen LogP contribution in [-0.2, 0) is 9.53 Å². The molecule has 1 aromatic rings. The fourth-order valence-corrected chi connectivity index (χ4v) is 4.91. The van der Waals surface area contributed by atoms with Crippen molar-refractivity contribution in [1.29, 1.82) is 0 Å². The summed E-state index contributed by atoms with van der Waals surface area (Å²) in [6.45, 7) is 4.25. The first-order valence-corrected chi connectivity index (χ1v) is 9.27. The van der Waals surface area contributed by atoms with E-state index in [0.717, 1.165) is 38.5 Å². The van der Waals surface area contributed by atoms with Crippen molar-refractivity contribution >= 4 is 5.91 Å². The Morgan fingerprint density at radius 2 is 1.92 bits per heavy atom. The topological polar surface area (TPSA) is 29.5 Å². The number of piperidine rings is 1. The lowest BCUT2D eigenvalue weighted by molar-refractivity contribution is -0.176. The Morgan fingerprint density at radius 3 is 2.71 bits per heavy atom. The zero-order valence-electron chi connectivity index (χ0n) is 14.7. The second kappa shape index (κ2) is 5.73. The van der Waals surface area contributed by atoms with Gasteiger partial charge in [0.05, 0.1) is 11.5 Å². The number of amides is 1. The van der Waals surface area contributed by atoms with E-state index in [1.165, 1.54) is 5.56 Å². The van der Waals surface area contributed by atoms with Crippen LogP contribution in [0.2, 0.25) is 0 Å². The van der Waals surface area contributed by atoms with E-state index in [1.807, 2.05) is 18.2 Å². The number of hydrogen-bond donors (Lipinski definition) is 0. The van der Waals surface area contributed by atoms with Crippen LogP contribution in [0.25, 0.3) is 0 Å². The second-order valence-electron chi connectivity index (χ2n) is 7.89. The Kier molecular flexibility index (Phi) is 3.80. The molecule has 2 fully saturated rings. The zero-order valence-corrected chi connectivity index (χ0v) is 14.7. The molecular weight excluding hydrogens is 298 g/mol. The molecule has 4 atom stereocenters. The van der Waals surface area contributed by atoms with Crippen molar-refractivity contribution in [3.8, 4) is 0 Å². The van der Waals surface area contributed by atoms with Gasteiger partial charge in [-0.3, -0.25) is 4.79 Å². The SMILES string of the molecule is C[C@H]1[C@@H](c2ccccc2)O[C@]2(C)CC[C@@]3(CC=CCCC3)C(=O)N12. The van der Waals surface area contributed by atoms with Crippen LogP contribution in [0.1, 0.15) is 64.0 Å². The third-order valence-electron chi connectivity index (χ3n) is 6.31. The summed E-state index contributed by atoms with van der Waals surface area (Å²) in [6.07, 6.45) is 10.4. The minimum Gasteiger partial charge on any atom is -0.346 e. The number of carbonyl (C=O) groups is 1. The van der Waals surface area contributed by atoms with Crippen molar-refractivity contribution in [3.05, 3.63) is 48.0 Å². The van der Waals surface area contributed by atoms with Gasteiger partial charge in [0.1, 0.15) is 11.8 Å². The molecule has 1 aromatic carbocycles. The number of hydrogen-bond acceptors (Lipinski definition) is 2. The van der Waals surface area contributed by atoms with Crippen LogP contribution in [0, 0.1) is 5.41 Å². The Hall–Kier alpha value is -1.61. The molecule has 0 radical (unpaired) electrons. The van der Waals surface area contributed by atoms with Crippen molar-refractivity contribution in [2.24, 2.45) is 5.41 Å². The minimum atomic E-state index is -0.460. The highest BCUT2D eigenvalue weighted by Crippen LogP contribution is 2.53. The van der Waals surface area contributed by atoms with Gasteiger partial charge in [-0.2, -0.15) is 0 Å². The number of fused-ring (bicyclic) bond motifs is 1. The highest BCUT2D eigenvalue weighted by Gasteiger charge is 2.58. The Bertz CT molecular complexity index is 655. The van der Waals surface area contributed by atoms with E-state index in [0.29, 0.717) is 5.91 Å². The van der Waals surface area contributed by atoms with Crippen LogP contribution < -0.4 is 0 Å². The van der Waals surface area contributed by atoms with Crippen LogP contribution in [0.4, 0.5) is 0 Å². The molecule has 0 saturated carbocycles. The Morgan fingerprint density at radius 1 is 1.12 bits per heavy atom. The van der Waals surface area contributed by atoms with E-state index in [9.17, 15) is 4.79 Å². The number of carbonyl (C=O) groups excluding carboxylic acids is 1. The Labute approximate surface area is 144 Å². The van der Waals surface area contributed by atoms with Gasteiger partial charge in [0.2, 0.25) is 5.91 Å². The maximum Gasteiger partial charge on any atom is 0.231 e. The predicted molar refractivity (Wildman–Crippen MR) is 94.3 cm³/mol. The molecule has 0 bridgehead atoms. The molecule has 128 valence electrons. The molecule has 4 rings (SSSR count). The summed E-state index contributed by atoms with van der Waals surface area (Å²) < 4.78 is 6.47. The average molecular weight is 325 g/mol. The maximum atomic E-state index is 13.5. The number of ether oxygens (including phenoxy) is 1. The zero-order chi connectivity index (χ0) is 16.8. The molecule has 0 aromatic heterocycles. The van der Waals surface area contributed by atoms with E-state index < -0.39 is 5.72 Å². The summed E-state index contributed by atoms with van der Waals surface area (Å²) in [5.74, 6) is 0.314. The third-order valence-corrected chi connectivity index (χ3v) is 6.31. The molecular formula is C21H27NO2. The predicted octanol–water partition coefficient (Wildman–Crippen LogP) is 4.60. The van der Waals surface area contributed by atoms with E-state index in [4.69, 9.17) is 4.74 Å². The van der Waals surface area contributed by atoms with Gasteiger partial charge in [-0.25, -0.2) is 0 Å². The summed E-state index contributed by atoms with van der Waals surface area (Å²) in [5, 5.41) is 0. The molecule has 1 aliphatic carbocycles. The van der Waals surface area contributed by atoms with Crippen molar-refractivity contribution < 1.29 is 9.53 Å². The first kappa shape index (κ1) is 15.9. The van der Waals surface area contributed by atoms with Crippen LogP contribution in [0.5, 0.6) is 0 Å². The van der Waals surface area contributed by atoms with Crippen LogP contribution in [0.15, 0.2) is 42.5 Å². The van der Waals surface area contributed by atoms with Gasteiger partial charge in [0.15, 0.2) is 0 Å². The summed E-state index contributed by atoms with van der Waals surface area (Å²) in [5.41, 5.74) is 0.511. The lowest BCUT2D eigenvalue weighted by Gasteiger charge is -2.48. The van der Waals surface area contributed by atoms with Gasteiger partial charge < -0.3 is 9.64 Å². The standard InChI is InChI=1S/C21H27NO2/c1-16-18(17-10-6-5-7-11-17)24-20(2)14-15-21(19(23)22(16)20)12-8-3-4-9-13-21/h3,5-8,10-11,16,18H,4,9,12-15H2,1-2H3/t16-,18-,20+,21-/m0/s1. The maximum absolute atomic E-state index is 13.5. The molecule has 1 spiro atoms. The lowest BCUT2D eigenvalue weighted by Crippen LogP contribution is -2.59. The summed E-state index contributed by atoms with van der Waals surface area (Å²) in [7, 11) is 0. The normalized spacial score (nSPS) is 39.1. The fraction of sp³-hybridized carbons (Fsp3) is 0.571. The highest BCUT2D eigenvalue weighted by atomic mass is 16.5. The van der Waals surface area contributed by atoms with Crippen LogP contribution in [0.3, 0.4) is 0 Å². The van der Waals surface area contributed by atoms with Gasteiger partial charge in [-0.15, -0.1) is 0 Å². The number of rotatable bonds is 1. The first-order valence-electron chi connectivity index (χ1n) is 9.27. The third kappa shape index (κ3) is 2.33. The lowest BCUT2D eigenvalue weighted by atomic mass is 9.71. The summed E-state index contributed by atoms with van der Waals surface area (Å²) >= 11 is 0. The van der Waals surface area contributed by atoms with E-state index in [1.54, 1.807) is 0 Å². The number of nitrogens with zero attached hydrogens (tertiary/aromatic N) is 1. The fourth-order valence-electron chi connectivity index (χ4n) is 4.91. The molecule has 3 aliphatic rings. The van der Waals surface area contributed by atoms with Crippen molar-refractivity contribution in [2.75, 3.05) is 0 Å². The van der Waals surface area contributed by atoms with E-state index in [-0.39, 0.29) is 17.6 Å². The molecule has 3 heteroatoms. The highest BCUT2D eigenvalue weighted by molar-refractivity contribution is 5.85. The van der Waals surface area contributed by atoms with Crippen molar-refractivity contribution in [3.63, 3.8) is 0 Å². The molecule has 1 amide bonds. The van der Waals surface area contributed by atoms with Gasteiger partial charge in [0, 0.05) is 0 Å². The largest absolute Gasteiger partial charge is 0.346 e. The Balaban J connectivity index is 1.67. The van der Waals surface area contributed by atoms with E-state index in [2.05, 4.69) is 43.0 Å². The number of allylic oxidation sites excluding steroid dienone is 2. The monoisotopic (exact) mass is 325 g/mol. The minimum absolute atomic E-state index is 0.0309. The molecule has 24 heavy (non-hydrogen) atoms. The smallest absolute Gasteiger partial charge is 0.231 e. The summed E-state index contributed by atoms with van der Waals surface area (Å²) in [6, 6.07) is 10.4. The quantitative estimate of drug-likeness (QED) is 0.706. The number of benzene rings is 1. The summed E-state index contributed by atoms with van der Waals surface area (Å²) in [4.78, 5) is 15.6. The van der Waals surface area contributed by atoms with Crippen molar-refractivity contribution in [2.45, 2.75) is 70.2 Å². The van der Waals surface area contributed by atoms with Gasteiger partial charge >= 0.3 is 0 Å². The van der Waals surface area contributed by atoms with Crippen LogP contribution in [-0.4, -0.2) is 22.6 Å².